The van der Waals surface area contributed by atoms with E-state index in [0.717, 1.165) is 36.0 Å². The number of hydrogen-bond acceptors (Lipinski definition) is 1. The fraction of sp³-hybridized carbons (Fsp3) is 0.500. The van der Waals surface area contributed by atoms with Gasteiger partial charge in [0, 0.05) is 6.04 Å². The van der Waals surface area contributed by atoms with Crippen molar-refractivity contribution in [1.82, 2.24) is 0 Å². The molecule has 2 heteroatoms. The number of nitrogens with two attached hydrogens (primary N) is 1. The molecule has 1 aliphatic rings. The summed E-state index contributed by atoms with van der Waals surface area (Å²) in [7, 11) is 0. The summed E-state index contributed by atoms with van der Waals surface area (Å²) in [6.45, 7) is 3.66. The van der Waals surface area contributed by atoms with Crippen molar-refractivity contribution in [1.29, 1.82) is 0 Å². The Morgan fingerprint density at radius 3 is 2.86 bits per heavy atom. The molecule has 1 aliphatic carbocycles. The van der Waals surface area contributed by atoms with Crippen LogP contribution in [-0.4, -0.2) is 0 Å². The Bertz CT molecular complexity index is 371. The van der Waals surface area contributed by atoms with Gasteiger partial charge < -0.3 is 5.73 Å². The molecule has 0 unspecified atom stereocenters. The van der Waals surface area contributed by atoms with Crippen LogP contribution in [0.25, 0.3) is 0 Å². The first kappa shape index (κ1) is 9.66. The lowest BCUT2D eigenvalue weighted by Gasteiger charge is -2.25. The Morgan fingerprint density at radius 1 is 1.43 bits per heavy atom. The second-order valence-electron chi connectivity index (χ2n) is 4.20. The number of rotatable bonds is 0. The van der Waals surface area contributed by atoms with Crippen LogP contribution in [0.5, 0.6) is 0 Å². The quantitative estimate of drug-likeness (QED) is 0.673. The summed E-state index contributed by atoms with van der Waals surface area (Å²) < 4.78 is 13.6. The van der Waals surface area contributed by atoms with Crippen molar-refractivity contribution in [3.8, 4) is 0 Å². The Balaban J connectivity index is 2.64. The SMILES string of the molecule is Cc1cc2c(c(C)c1F)[C@@H](N)CCC2. The van der Waals surface area contributed by atoms with E-state index in [2.05, 4.69) is 0 Å². The van der Waals surface area contributed by atoms with Crippen LogP contribution in [0.1, 0.15) is 41.1 Å². The van der Waals surface area contributed by atoms with Crippen LogP contribution in [0.4, 0.5) is 4.39 Å². The normalized spacial score (nSPS) is 20.7. The second-order valence-corrected chi connectivity index (χ2v) is 4.20. The van der Waals surface area contributed by atoms with E-state index < -0.39 is 0 Å². The molecule has 0 aromatic heterocycles. The van der Waals surface area contributed by atoms with Gasteiger partial charge in [0.25, 0.3) is 0 Å². The number of aryl methyl sites for hydroxylation is 2. The van der Waals surface area contributed by atoms with Crippen LogP contribution in [0.15, 0.2) is 6.07 Å². The first-order valence-corrected chi connectivity index (χ1v) is 5.15. The molecule has 0 saturated heterocycles. The van der Waals surface area contributed by atoms with E-state index in [1.165, 1.54) is 5.56 Å². The monoisotopic (exact) mass is 193 g/mol. The molecule has 0 radical (unpaired) electrons. The minimum atomic E-state index is -0.0823. The summed E-state index contributed by atoms with van der Waals surface area (Å²) in [5.41, 5.74) is 9.81. The molecule has 1 aromatic rings. The molecule has 0 amide bonds. The summed E-state index contributed by atoms with van der Waals surface area (Å²) in [6.07, 6.45) is 3.15. The Morgan fingerprint density at radius 2 is 2.14 bits per heavy atom. The molecular weight excluding hydrogens is 177 g/mol. The predicted octanol–water partition coefficient (Wildman–Crippen LogP) is 2.78. The summed E-state index contributed by atoms with van der Waals surface area (Å²) in [5, 5.41) is 0. The second kappa shape index (κ2) is 3.35. The Labute approximate surface area is 84.1 Å². The van der Waals surface area contributed by atoms with Crippen molar-refractivity contribution < 1.29 is 4.39 Å². The first-order valence-electron chi connectivity index (χ1n) is 5.15. The molecule has 1 atom stereocenters. The molecule has 1 aromatic carbocycles. The molecule has 14 heavy (non-hydrogen) atoms. The van der Waals surface area contributed by atoms with Gasteiger partial charge in [0.2, 0.25) is 0 Å². The lowest BCUT2D eigenvalue weighted by Crippen LogP contribution is -2.20. The van der Waals surface area contributed by atoms with Crippen LogP contribution >= 0.6 is 0 Å². The average molecular weight is 193 g/mol. The molecule has 2 N–H and O–H groups in total. The smallest absolute Gasteiger partial charge is 0.129 e. The van der Waals surface area contributed by atoms with E-state index in [0.29, 0.717) is 0 Å². The third-order valence-corrected chi connectivity index (χ3v) is 3.15. The highest BCUT2D eigenvalue weighted by Gasteiger charge is 2.21. The van der Waals surface area contributed by atoms with Gasteiger partial charge in [-0.3, -0.25) is 0 Å². The Kier molecular flexibility index (Phi) is 2.31. The molecule has 2 rings (SSSR count). The number of halogens is 1. The van der Waals surface area contributed by atoms with E-state index in [9.17, 15) is 4.39 Å². The zero-order valence-electron chi connectivity index (χ0n) is 8.73. The van der Waals surface area contributed by atoms with Crippen molar-refractivity contribution >= 4 is 0 Å². The maximum absolute atomic E-state index is 13.6. The van der Waals surface area contributed by atoms with Crippen molar-refractivity contribution in [3.63, 3.8) is 0 Å². The maximum atomic E-state index is 13.6. The number of benzene rings is 1. The van der Waals surface area contributed by atoms with Crippen LogP contribution in [-0.2, 0) is 6.42 Å². The zero-order valence-corrected chi connectivity index (χ0v) is 8.73. The third kappa shape index (κ3) is 1.34. The van der Waals surface area contributed by atoms with Gasteiger partial charge in [0.05, 0.1) is 0 Å². The van der Waals surface area contributed by atoms with E-state index in [1.807, 2.05) is 19.9 Å². The third-order valence-electron chi connectivity index (χ3n) is 3.15. The van der Waals surface area contributed by atoms with Crippen molar-refractivity contribution in [2.24, 2.45) is 5.73 Å². The van der Waals surface area contributed by atoms with Crippen molar-refractivity contribution in [2.75, 3.05) is 0 Å². The highest BCUT2D eigenvalue weighted by molar-refractivity contribution is 5.42. The Hall–Kier alpha value is -0.890. The summed E-state index contributed by atoms with van der Waals surface area (Å²) in [5.74, 6) is -0.0823. The molecule has 0 saturated carbocycles. The molecule has 0 bridgehead atoms. The minimum absolute atomic E-state index is 0.0360. The average Bonchev–Trinajstić information content (AvgIpc) is 2.14. The molecule has 0 fully saturated rings. The van der Waals surface area contributed by atoms with Gasteiger partial charge in [-0.1, -0.05) is 6.07 Å². The van der Waals surface area contributed by atoms with Gasteiger partial charge in [-0.2, -0.15) is 0 Å². The summed E-state index contributed by atoms with van der Waals surface area (Å²) in [6, 6.07) is 1.99. The molecule has 76 valence electrons. The van der Waals surface area contributed by atoms with Gasteiger partial charge in [0.1, 0.15) is 5.82 Å². The molecule has 1 nitrogen and oxygen atoms in total. The fourth-order valence-corrected chi connectivity index (χ4v) is 2.44. The van der Waals surface area contributed by atoms with Crippen LogP contribution in [0, 0.1) is 19.7 Å². The maximum Gasteiger partial charge on any atom is 0.129 e. The van der Waals surface area contributed by atoms with Crippen LogP contribution in [0.2, 0.25) is 0 Å². The number of fused-ring (bicyclic) bond motifs is 1. The highest BCUT2D eigenvalue weighted by Crippen LogP contribution is 2.33. The van der Waals surface area contributed by atoms with Crippen molar-refractivity contribution in [3.05, 3.63) is 34.1 Å². The van der Waals surface area contributed by atoms with Gasteiger partial charge >= 0.3 is 0 Å². The molecule has 0 heterocycles. The first-order chi connectivity index (χ1) is 6.61. The van der Waals surface area contributed by atoms with Gasteiger partial charge in [-0.05, 0) is 55.4 Å². The van der Waals surface area contributed by atoms with E-state index in [4.69, 9.17) is 5.73 Å². The van der Waals surface area contributed by atoms with E-state index in [-0.39, 0.29) is 11.9 Å². The topological polar surface area (TPSA) is 26.0 Å². The highest BCUT2D eigenvalue weighted by atomic mass is 19.1. The van der Waals surface area contributed by atoms with Gasteiger partial charge in [-0.15, -0.1) is 0 Å². The van der Waals surface area contributed by atoms with Crippen molar-refractivity contribution in [2.45, 2.75) is 39.2 Å². The van der Waals surface area contributed by atoms with Crippen LogP contribution in [0.3, 0.4) is 0 Å². The lowest BCUT2D eigenvalue weighted by molar-refractivity contribution is 0.546. The molecule has 0 aliphatic heterocycles. The van der Waals surface area contributed by atoms with E-state index in [1.54, 1.807) is 0 Å². The van der Waals surface area contributed by atoms with Gasteiger partial charge in [-0.25, -0.2) is 4.39 Å². The number of hydrogen-bond donors (Lipinski definition) is 1. The summed E-state index contributed by atoms with van der Waals surface area (Å²) in [4.78, 5) is 0. The van der Waals surface area contributed by atoms with E-state index >= 15 is 0 Å². The molecular formula is C12H16FN. The minimum Gasteiger partial charge on any atom is -0.324 e. The van der Waals surface area contributed by atoms with Gasteiger partial charge in [0.15, 0.2) is 0 Å². The zero-order chi connectivity index (χ0) is 10.3. The largest absolute Gasteiger partial charge is 0.324 e. The lowest BCUT2D eigenvalue weighted by atomic mass is 9.84. The predicted molar refractivity (Wildman–Crippen MR) is 55.7 cm³/mol. The fourth-order valence-electron chi connectivity index (χ4n) is 2.44. The standard InChI is InChI=1S/C12H16FN/c1-7-6-9-4-3-5-10(14)11(9)8(2)12(7)13/h6,10H,3-5,14H2,1-2H3/t10-/m0/s1. The molecule has 0 spiro atoms. The summed E-state index contributed by atoms with van der Waals surface area (Å²) >= 11 is 0. The van der Waals surface area contributed by atoms with Crippen LogP contribution < -0.4 is 5.73 Å².